The zero-order valence-corrected chi connectivity index (χ0v) is 44.5. The van der Waals surface area contributed by atoms with E-state index < -0.39 is 29.8 Å². The van der Waals surface area contributed by atoms with Crippen LogP contribution in [0.25, 0.3) is 22.3 Å². The number of carbonyl (C=O) groups excluding carboxylic acids is 6. The molecule has 0 unspecified atom stereocenters. The number of carbonyl (C=O) groups is 6. The number of hydrogen-bond donors (Lipinski definition) is 0. The first-order valence-corrected chi connectivity index (χ1v) is 25.3. The number of esters is 6. The molecule has 0 aliphatic rings. The minimum Gasteiger partial charge on any atom is -0.491 e. The van der Waals surface area contributed by atoms with Gasteiger partial charge in [0.1, 0.15) is 49.4 Å². The Morgan fingerprint density at radius 2 is 0.675 bits per heavy atom. The van der Waals surface area contributed by atoms with Crippen molar-refractivity contribution in [2.45, 2.75) is 13.8 Å². The van der Waals surface area contributed by atoms with Crippen LogP contribution in [0.1, 0.15) is 55.3 Å². The van der Waals surface area contributed by atoms with Crippen molar-refractivity contribution in [2.24, 2.45) is 0 Å². The second kappa shape index (κ2) is 36.7. The lowest BCUT2D eigenvalue weighted by atomic mass is 10.0. The summed E-state index contributed by atoms with van der Waals surface area (Å²) in [4.78, 5) is 70.2. The molecule has 0 spiro atoms. The fraction of sp³-hybridized carbons (Fsp3) is 0.279. The average molecular weight is 1120 g/mol. The standard InChI is InChI=1S/C30H31ClO9.C30H30O9.CH4/c1-35-29(33)24-4-2-22(3-5-24)23-6-12-27(13-7-23)40-30(34)25-8-10-26(11-9-25)38-20-18-36-16-17-37-19-21-39-28(32)14-15-31;1-3-28(31)38-21-19-36-17-16-35-18-20-37-26-12-10-25(11-13-26)30(33)39-27-14-8-23(9-15-27)22-4-6-24(7-5-22)29(32)34-2;/h2-13H,14-21H2,1H3;3-15H,1,16-21H2,2H3;1H4. The van der Waals surface area contributed by atoms with E-state index in [4.69, 9.17) is 68.4 Å². The average Bonchev–Trinajstić information content (AvgIpc) is 3.48. The summed E-state index contributed by atoms with van der Waals surface area (Å²) in [6.45, 7) is 7.13. The van der Waals surface area contributed by atoms with Crippen LogP contribution in [0.15, 0.2) is 158 Å². The summed E-state index contributed by atoms with van der Waals surface area (Å²) in [7, 11) is 2.68. The van der Waals surface area contributed by atoms with Crippen LogP contribution in [-0.2, 0) is 47.5 Å². The van der Waals surface area contributed by atoms with Gasteiger partial charge in [-0.1, -0.05) is 62.5 Å². The minimum atomic E-state index is -0.487. The molecule has 6 aromatic rings. The fourth-order valence-electron chi connectivity index (χ4n) is 6.68. The van der Waals surface area contributed by atoms with E-state index >= 15 is 0 Å². The predicted octanol–water partition coefficient (Wildman–Crippen LogP) is 10.1. The Morgan fingerprint density at radius 1 is 0.388 bits per heavy atom. The molecular formula is C61H65ClO18. The zero-order valence-electron chi connectivity index (χ0n) is 43.8. The second-order valence-electron chi connectivity index (χ2n) is 16.2. The van der Waals surface area contributed by atoms with Gasteiger partial charge < -0.3 is 56.8 Å². The highest BCUT2D eigenvalue weighted by Crippen LogP contribution is 2.26. The van der Waals surface area contributed by atoms with E-state index in [2.05, 4.69) is 6.58 Å². The first-order valence-electron chi connectivity index (χ1n) is 24.8. The molecule has 0 aliphatic carbocycles. The summed E-state index contributed by atoms with van der Waals surface area (Å²) in [6.07, 6.45) is 1.28. The highest BCUT2D eigenvalue weighted by Gasteiger charge is 2.13. The molecule has 0 saturated carbocycles. The van der Waals surface area contributed by atoms with Gasteiger partial charge in [-0.25, -0.2) is 24.0 Å². The first kappa shape index (κ1) is 64.1. The Balaban J connectivity index is 0.000000340. The fourth-order valence-corrected chi connectivity index (χ4v) is 6.83. The van der Waals surface area contributed by atoms with Gasteiger partial charge >= 0.3 is 35.8 Å². The molecule has 0 bridgehead atoms. The Hall–Kier alpha value is -8.39. The molecular weight excluding hydrogens is 1060 g/mol. The summed E-state index contributed by atoms with van der Waals surface area (Å²) in [5.41, 5.74) is 5.37. The van der Waals surface area contributed by atoms with Crippen LogP contribution in [0.2, 0.25) is 0 Å². The second-order valence-corrected chi connectivity index (χ2v) is 16.6. The molecule has 0 amide bonds. The maximum absolute atomic E-state index is 12.5. The summed E-state index contributed by atoms with van der Waals surface area (Å²) >= 11 is 5.45. The van der Waals surface area contributed by atoms with E-state index in [9.17, 15) is 28.8 Å². The first-order chi connectivity index (χ1) is 38.5. The van der Waals surface area contributed by atoms with E-state index in [1.54, 1.807) is 97.1 Å². The summed E-state index contributed by atoms with van der Waals surface area (Å²) in [5, 5.41) is 0. The molecule has 0 N–H and O–H groups in total. The van der Waals surface area contributed by atoms with Crippen LogP contribution in [0.3, 0.4) is 0 Å². The van der Waals surface area contributed by atoms with Crippen molar-refractivity contribution in [1.82, 2.24) is 0 Å². The topological polar surface area (TPSA) is 213 Å². The Labute approximate surface area is 470 Å². The lowest BCUT2D eigenvalue weighted by Crippen LogP contribution is -2.14. The number of ether oxygens (including phenoxy) is 12. The molecule has 0 radical (unpaired) electrons. The molecule has 0 aromatic heterocycles. The van der Waals surface area contributed by atoms with E-state index in [0.29, 0.717) is 105 Å². The van der Waals surface area contributed by atoms with Crippen LogP contribution in [0.4, 0.5) is 0 Å². The molecule has 0 fully saturated rings. The zero-order chi connectivity index (χ0) is 56.5. The Morgan fingerprint density at radius 3 is 1.01 bits per heavy atom. The number of methoxy groups -OCH3 is 2. The third-order valence-corrected chi connectivity index (χ3v) is 10.9. The van der Waals surface area contributed by atoms with Gasteiger partial charge in [-0.3, -0.25) is 4.79 Å². The van der Waals surface area contributed by atoms with Gasteiger partial charge in [-0.2, -0.15) is 0 Å². The SMILES string of the molecule is C.C=CC(=O)OCCOCCOCCOc1ccc(C(=O)Oc2ccc(-c3ccc(C(=O)OC)cc3)cc2)cc1.COC(=O)c1ccc(-c2ccc(OC(=O)c3ccc(OCCOCCOCCOC(=O)CCCl)cc3)cc2)cc1. The smallest absolute Gasteiger partial charge is 0.343 e. The summed E-state index contributed by atoms with van der Waals surface area (Å²) < 4.78 is 62.8. The minimum absolute atomic E-state index is 0. The van der Waals surface area contributed by atoms with Crippen LogP contribution < -0.4 is 18.9 Å². The molecule has 80 heavy (non-hydrogen) atoms. The van der Waals surface area contributed by atoms with Crippen molar-refractivity contribution in [3.8, 4) is 45.3 Å². The molecule has 0 atom stereocenters. The highest BCUT2D eigenvalue weighted by molar-refractivity contribution is 6.18. The number of hydrogen-bond acceptors (Lipinski definition) is 18. The van der Waals surface area contributed by atoms with Gasteiger partial charge in [0.2, 0.25) is 0 Å². The van der Waals surface area contributed by atoms with Crippen LogP contribution in [0, 0.1) is 0 Å². The van der Waals surface area contributed by atoms with E-state index in [1.165, 1.54) is 14.2 Å². The van der Waals surface area contributed by atoms with Gasteiger partial charge in [-0.05, 0) is 119 Å². The molecule has 0 aliphatic heterocycles. The van der Waals surface area contributed by atoms with Crippen LogP contribution in [0.5, 0.6) is 23.0 Å². The molecule has 19 heteroatoms. The van der Waals surface area contributed by atoms with E-state index in [0.717, 1.165) is 28.3 Å². The monoisotopic (exact) mass is 1120 g/mol. The van der Waals surface area contributed by atoms with Crippen molar-refractivity contribution < 1.29 is 85.6 Å². The Kier molecular flexibility index (Phi) is 29.4. The van der Waals surface area contributed by atoms with Crippen molar-refractivity contribution in [3.63, 3.8) is 0 Å². The summed E-state index contributed by atoms with van der Waals surface area (Å²) in [6, 6.07) is 41.5. The number of rotatable bonds is 31. The third kappa shape index (κ3) is 23.3. The number of benzene rings is 6. The van der Waals surface area contributed by atoms with Crippen molar-refractivity contribution in [2.75, 3.05) is 99.4 Å². The van der Waals surface area contributed by atoms with Gasteiger partial charge in [0.25, 0.3) is 0 Å². The van der Waals surface area contributed by atoms with Gasteiger partial charge in [-0.15, -0.1) is 11.6 Å². The van der Waals surface area contributed by atoms with E-state index in [-0.39, 0.29) is 45.5 Å². The molecule has 0 saturated heterocycles. The maximum Gasteiger partial charge on any atom is 0.343 e. The van der Waals surface area contributed by atoms with Crippen molar-refractivity contribution in [1.29, 1.82) is 0 Å². The number of halogens is 1. The van der Waals surface area contributed by atoms with Crippen LogP contribution >= 0.6 is 11.6 Å². The predicted molar refractivity (Wildman–Crippen MR) is 298 cm³/mol. The van der Waals surface area contributed by atoms with Crippen LogP contribution in [-0.4, -0.2) is 135 Å². The normalized spacial score (nSPS) is 10.3. The highest BCUT2D eigenvalue weighted by atomic mass is 35.5. The molecule has 0 heterocycles. The molecule has 6 aromatic carbocycles. The molecule has 424 valence electrons. The van der Waals surface area contributed by atoms with Gasteiger partial charge in [0.05, 0.1) is 95.7 Å². The largest absolute Gasteiger partial charge is 0.491 e. The third-order valence-electron chi connectivity index (χ3n) is 10.8. The Bertz CT molecular complexity index is 2820. The lowest BCUT2D eigenvalue weighted by molar-refractivity contribution is -0.145. The van der Waals surface area contributed by atoms with Gasteiger partial charge in [0, 0.05) is 12.0 Å². The maximum atomic E-state index is 12.5. The van der Waals surface area contributed by atoms with Crippen molar-refractivity contribution >= 4 is 47.4 Å². The number of alkyl halides is 1. The van der Waals surface area contributed by atoms with Crippen molar-refractivity contribution in [3.05, 3.63) is 181 Å². The summed E-state index contributed by atoms with van der Waals surface area (Å²) in [5.74, 6) is -0.328. The molecule has 18 nitrogen and oxygen atoms in total. The lowest BCUT2D eigenvalue weighted by Gasteiger charge is -2.09. The van der Waals surface area contributed by atoms with E-state index in [1.807, 2.05) is 48.5 Å². The van der Waals surface area contributed by atoms with Gasteiger partial charge in [0.15, 0.2) is 0 Å². The quantitative estimate of drug-likeness (QED) is 0.00988. The molecule has 6 rings (SSSR count).